The van der Waals surface area contributed by atoms with E-state index in [1.54, 1.807) is 7.11 Å². The van der Waals surface area contributed by atoms with Crippen LogP contribution >= 0.6 is 0 Å². The monoisotopic (exact) mass is 375 g/mol. The second-order valence-electron chi connectivity index (χ2n) is 10.3. The van der Waals surface area contributed by atoms with Crippen LogP contribution < -0.4 is 0 Å². The number of rotatable bonds is 5. The quantitative estimate of drug-likeness (QED) is 0.601. The summed E-state index contributed by atoms with van der Waals surface area (Å²) in [5.74, 6) is 3.52. The van der Waals surface area contributed by atoms with Crippen molar-refractivity contribution in [1.82, 2.24) is 4.90 Å². The first-order valence-corrected chi connectivity index (χ1v) is 12.0. The Morgan fingerprint density at radius 1 is 0.889 bits per heavy atom. The summed E-state index contributed by atoms with van der Waals surface area (Å²) in [5.41, 5.74) is 0. The van der Waals surface area contributed by atoms with Crippen molar-refractivity contribution in [3.63, 3.8) is 0 Å². The van der Waals surface area contributed by atoms with Crippen molar-refractivity contribution < 1.29 is 9.53 Å². The van der Waals surface area contributed by atoms with Crippen molar-refractivity contribution >= 4 is 5.97 Å². The molecule has 0 aromatic carbocycles. The second kappa shape index (κ2) is 8.84. The molecule has 2 aliphatic heterocycles. The highest BCUT2D eigenvalue weighted by Gasteiger charge is 2.51. The van der Waals surface area contributed by atoms with E-state index in [0.29, 0.717) is 18.0 Å². The van der Waals surface area contributed by atoms with Gasteiger partial charge in [0.05, 0.1) is 13.0 Å². The minimum atomic E-state index is 0.0663. The molecule has 0 N–H and O–H groups in total. The number of piperidine rings is 1. The molecule has 0 aromatic heterocycles. The number of nitrogens with zero attached hydrogens (tertiary/aromatic N) is 1. The normalized spacial score (nSPS) is 40.8. The average Bonchev–Trinajstić information content (AvgIpc) is 2.95. The van der Waals surface area contributed by atoms with Crippen LogP contribution in [0.1, 0.15) is 89.9 Å². The Balaban J connectivity index is 1.30. The van der Waals surface area contributed by atoms with Crippen LogP contribution in [0.15, 0.2) is 0 Å². The highest BCUT2D eigenvalue weighted by atomic mass is 16.5. The summed E-state index contributed by atoms with van der Waals surface area (Å²) in [6.45, 7) is 0. The van der Waals surface area contributed by atoms with Crippen LogP contribution in [0.2, 0.25) is 0 Å². The Morgan fingerprint density at radius 3 is 2.22 bits per heavy atom. The van der Waals surface area contributed by atoms with Gasteiger partial charge < -0.3 is 4.74 Å². The average molecular weight is 376 g/mol. The molecular weight excluding hydrogens is 334 g/mol. The Morgan fingerprint density at radius 2 is 1.56 bits per heavy atom. The lowest BCUT2D eigenvalue weighted by atomic mass is 9.66. The maximum Gasteiger partial charge on any atom is 0.310 e. The lowest BCUT2D eigenvalue weighted by Crippen LogP contribution is -2.52. The summed E-state index contributed by atoms with van der Waals surface area (Å²) in [6.07, 6.45) is 19.6. The summed E-state index contributed by atoms with van der Waals surface area (Å²) in [5, 5.41) is 0. The van der Waals surface area contributed by atoms with Crippen molar-refractivity contribution in [2.24, 2.45) is 29.6 Å². The summed E-state index contributed by atoms with van der Waals surface area (Å²) < 4.78 is 5.27. The van der Waals surface area contributed by atoms with Gasteiger partial charge in [-0.25, -0.2) is 0 Å². The Hall–Kier alpha value is -0.570. The Labute approximate surface area is 166 Å². The summed E-state index contributed by atoms with van der Waals surface area (Å²) in [7, 11) is 3.82. The fourth-order valence-corrected chi connectivity index (χ4v) is 7.31. The molecule has 2 saturated carbocycles. The molecule has 2 aliphatic carbocycles. The predicted octanol–water partition coefficient (Wildman–Crippen LogP) is 5.43. The smallest absolute Gasteiger partial charge is 0.310 e. The van der Waals surface area contributed by atoms with Crippen LogP contribution in [0, 0.1) is 29.6 Å². The maximum atomic E-state index is 12.6. The zero-order valence-electron chi connectivity index (χ0n) is 17.7. The minimum absolute atomic E-state index is 0.0663. The fourth-order valence-electron chi connectivity index (χ4n) is 7.31. The van der Waals surface area contributed by atoms with E-state index in [1.165, 1.54) is 89.9 Å². The molecule has 3 nitrogen and oxygen atoms in total. The van der Waals surface area contributed by atoms with E-state index in [9.17, 15) is 4.79 Å². The highest BCUT2D eigenvalue weighted by molar-refractivity contribution is 5.74. The first-order valence-electron chi connectivity index (χ1n) is 12.0. The zero-order chi connectivity index (χ0) is 18.8. The predicted molar refractivity (Wildman–Crippen MR) is 109 cm³/mol. The van der Waals surface area contributed by atoms with E-state index in [4.69, 9.17) is 4.74 Å². The number of esters is 1. The van der Waals surface area contributed by atoms with E-state index < -0.39 is 0 Å². The van der Waals surface area contributed by atoms with E-state index in [1.807, 2.05) is 0 Å². The van der Waals surface area contributed by atoms with Gasteiger partial charge in [-0.3, -0.25) is 9.69 Å². The first-order chi connectivity index (χ1) is 13.2. The van der Waals surface area contributed by atoms with Crippen molar-refractivity contribution in [3.8, 4) is 0 Å². The first kappa shape index (κ1) is 19.7. The highest BCUT2D eigenvalue weighted by Crippen LogP contribution is 2.49. The number of fused-ring (bicyclic) bond motifs is 2. The number of ether oxygens (including phenoxy) is 1. The molecule has 4 aliphatic rings. The molecular formula is C24H41NO2. The van der Waals surface area contributed by atoms with Gasteiger partial charge in [0.15, 0.2) is 0 Å². The third-order valence-corrected chi connectivity index (χ3v) is 8.99. The fraction of sp³-hybridized carbons (Fsp3) is 0.958. The van der Waals surface area contributed by atoms with Crippen molar-refractivity contribution in [3.05, 3.63) is 0 Å². The molecule has 2 saturated heterocycles. The minimum Gasteiger partial charge on any atom is -0.469 e. The summed E-state index contributed by atoms with van der Waals surface area (Å²) in [4.78, 5) is 15.1. The molecule has 27 heavy (non-hydrogen) atoms. The van der Waals surface area contributed by atoms with Crippen LogP contribution in [0.4, 0.5) is 0 Å². The number of carbonyl (C=O) groups excluding carboxylic acids is 1. The Bertz CT molecular complexity index is 493. The summed E-state index contributed by atoms with van der Waals surface area (Å²) in [6, 6.07) is 1.15. The molecule has 0 radical (unpaired) electrons. The third kappa shape index (κ3) is 4.23. The van der Waals surface area contributed by atoms with E-state index >= 15 is 0 Å². The summed E-state index contributed by atoms with van der Waals surface area (Å²) >= 11 is 0. The van der Waals surface area contributed by atoms with Gasteiger partial charge >= 0.3 is 5.97 Å². The van der Waals surface area contributed by atoms with E-state index in [0.717, 1.165) is 17.8 Å². The largest absolute Gasteiger partial charge is 0.469 e. The zero-order valence-corrected chi connectivity index (χ0v) is 17.7. The molecule has 0 spiro atoms. The number of hydrogen-bond acceptors (Lipinski definition) is 3. The molecule has 0 amide bonds. The maximum absolute atomic E-state index is 12.6. The van der Waals surface area contributed by atoms with Gasteiger partial charge in [-0.15, -0.1) is 0 Å². The lowest BCUT2D eigenvalue weighted by molar-refractivity contribution is -0.154. The number of carbonyl (C=O) groups is 1. The molecule has 3 heteroatoms. The van der Waals surface area contributed by atoms with Gasteiger partial charge in [-0.05, 0) is 62.8 Å². The third-order valence-electron chi connectivity index (χ3n) is 8.99. The van der Waals surface area contributed by atoms with Crippen LogP contribution in [0.25, 0.3) is 0 Å². The molecule has 2 bridgehead atoms. The molecule has 4 rings (SSSR count). The molecule has 2 heterocycles. The van der Waals surface area contributed by atoms with Crippen molar-refractivity contribution in [1.29, 1.82) is 0 Å². The SMILES string of the molecule is COC(=O)C1C2CC[C@H](C[C@@H]1C1CCC(CCC3CCCCC3)CC1)N2C. The molecule has 2 unspecified atom stereocenters. The van der Waals surface area contributed by atoms with E-state index in [2.05, 4.69) is 11.9 Å². The van der Waals surface area contributed by atoms with Gasteiger partial charge in [0, 0.05) is 12.1 Å². The lowest BCUT2D eigenvalue weighted by Gasteiger charge is -2.46. The Kier molecular flexibility index (Phi) is 6.46. The number of methoxy groups -OCH3 is 1. The molecule has 4 fully saturated rings. The number of hydrogen-bond donors (Lipinski definition) is 0. The molecule has 154 valence electrons. The van der Waals surface area contributed by atoms with Gasteiger partial charge in [0.2, 0.25) is 0 Å². The van der Waals surface area contributed by atoms with E-state index in [-0.39, 0.29) is 11.9 Å². The molecule has 4 atom stereocenters. The van der Waals surface area contributed by atoms with Crippen LogP contribution in [0.3, 0.4) is 0 Å². The topological polar surface area (TPSA) is 29.5 Å². The van der Waals surface area contributed by atoms with Crippen LogP contribution in [-0.2, 0) is 9.53 Å². The molecule has 0 aromatic rings. The second-order valence-corrected chi connectivity index (χ2v) is 10.3. The van der Waals surface area contributed by atoms with Crippen molar-refractivity contribution in [2.45, 2.75) is 102 Å². The van der Waals surface area contributed by atoms with Gasteiger partial charge in [0.25, 0.3) is 0 Å². The van der Waals surface area contributed by atoms with Gasteiger partial charge in [-0.1, -0.05) is 57.8 Å². The van der Waals surface area contributed by atoms with Gasteiger partial charge in [-0.2, -0.15) is 0 Å². The van der Waals surface area contributed by atoms with Crippen LogP contribution in [-0.4, -0.2) is 37.1 Å². The standard InChI is InChI=1S/C24H41NO2/c1-25-20-14-15-22(25)23(24(26)27-2)21(16-20)19-12-10-18(11-13-19)9-8-17-6-4-3-5-7-17/h17-23H,3-16H2,1-2H3/t18?,19?,20-,21-,22?,23?/m1/s1. The van der Waals surface area contributed by atoms with Gasteiger partial charge in [0.1, 0.15) is 0 Å². The van der Waals surface area contributed by atoms with Crippen LogP contribution in [0.5, 0.6) is 0 Å². The van der Waals surface area contributed by atoms with Crippen molar-refractivity contribution in [2.75, 3.05) is 14.2 Å².